The minimum atomic E-state index is 0.820. The molecule has 1 heterocycles. The summed E-state index contributed by atoms with van der Waals surface area (Å²) in [5.74, 6) is 1.07. The second kappa shape index (κ2) is 7.25. The Kier molecular flexibility index (Phi) is 4.87. The van der Waals surface area contributed by atoms with Crippen LogP contribution >= 0.6 is 11.8 Å². The summed E-state index contributed by atoms with van der Waals surface area (Å²) in [5, 5.41) is 4.65. The minimum absolute atomic E-state index is 0.820. The number of benzene rings is 2. The third kappa shape index (κ3) is 4.06. The second-order valence-corrected chi connectivity index (χ2v) is 6.00. The molecule has 3 rings (SSSR count). The summed E-state index contributed by atoms with van der Waals surface area (Å²) in [6, 6.07) is 23.0. The molecule has 0 atom stereocenters. The van der Waals surface area contributed by atoms with Gasteiger partial charge in [0.05, 0.1) is 11.2 Å². The summed E-state index contributed by atoms with van der Waals surface area (Å²) in [6.07, 6.45) is 0. The summed E-state index contributed by atoms with van der Waals surface area (Å²) >= 11 is 1.88. The van der Waals surface area contributed by atoms with Gasteiger partial charge in [0.1, 0.15) is 0 Å². The van der Waals surface area contributed by atoms with Gasteiger partial charge in [-0.3, -0.25) is 4.98 Å². The van der Waals surface area contributed by atoms with E-state index in [0.29, 0.717) is 0 Å². The van der Waals surface area contributed by atoms with Crippen LogP contribution in [0.5, 0.6) is 0 Å². The molecule has 0 spiro atoms. The summed E-state index contributed by atoms with van der Waals surface area (Å²) in [4.78, 5) is 5.98. The van der Waals surface area contributed by atoms with Crippen LogP contribution in [-0.2, 0) is 6.54 Å². The van der Waals surface area contributed by atoms with E-state index < -0.39 is 0 Å². The average molecular weight is 294 g/mol. The number of nitrogens with zero attached hydrogens (tertiary/aromatic N) is 1. The van der Waals surface area contributed by atoms with Crippen LogP contribution in [0.2, 0.25) is 0 Å². The normalized spacial score (nSPS) is 10.9. The lowest BCUT2D eigenvalue weighted by molar-refractivity contribution is 0.718. The number of para-hydroxylation sites is 1. The van der Waals surface area contributed by atoms with Gasteiger partial charge < -0.3 is 5.32 Å². The molecule has 0 radical (unpaired) electrons. The minimum Gasteiger partial charge on any atom is -0.310 e. The van der Waals surface area contributed by atoms with E-state index in [1.807, 2.05) is 30.0 Å². The van der Waals surface area contributed by atoms with Gasteiger partial charge in [0.25, 0.3) is 0 Å². The van der Waals surface area contributed by atoms with Crippen molar-refractivity contribution < 1.29 is 0 Å². The van der Waals surface area contributed by atoms with Crippen molar-refractivity contribution in [3.05, 3.63) is 72.4 Å². The van der Waals surface area contributed by atoms with Crippen LogP contribution < -0.4 is 5.32 Å². The summed E-state index contributed by atoms with van der Waals surface area (Å²) in [7, 11) is 0. The molecular weight excluding hydrogens is 276 g/mol. The predicted molar refractivity (Wildman–Crippen MR) is 90.6 cm³/mol. The number of thioether (sulfide) groups is 1. The van der Waals surface area contributed by atoms with E-state index in [2.05, 4.69) is 58.8 Å². The van der Waals surface area contributed by atoms with Crippen LogP contribution in [0.25, 0.3) is 10.9 Å². The number of fused-ring (bicyclic) bond motifs is 1. The smallest absolute Gasteiger partial charge is 0.0705 e. The highest BCUT2D eigenvalue weighted by molar-refractivity contribution is 7.99. The van der Waals surface area contributed by atoms with Crippen LogP contribution in [0.15, 0.2) is 71.6 Å². The topological polar surface area (TPSA) is 24.9 Å². The molecular formula is C18H18N2S. The van der Waals surface area contributed by atoms with Gasteiger partial charge in [-0.2, -0.15) is 0 Å². The van der Waals surface area contributed by atoms with Gasteiger partial charge in [0, 0.05) is 29.1 Å². The fourth-order valence-corrected chi connectivity index (χ4v) is 3.01. The zero-order valence-corrected chi connectivity index (χ0v) is 12.6. The van der Waals surface area contributed by atoms with E-state index in [4.69, 9.17) is 0 Å². The lowest BCUT2D eigenvalue weighted by Crippen LogP contribution is -2.17. The van der Waals surface area contributed by atoms with Gasteiger partial charge in [0.15, 0.2) is 0 Å². The molecule has 0 amide bonds. The summed E-state index contributed by atoms with van der Waals surface area (Å²) in [5.41, 5.74) is 2.16. The molecule has 0 saturated carbocycles. The molecule has 0 saturated heterocycles. The van der Waals surface area contributed by atoms with Crippen LogP contribution in [0.1, 0.15) is 5.69 Å². The molecule has 2 aromatic carbocycles. The third-order valence-corrected chi connectivity index (χ3v) is 4.27. The van der Waals surface area contributed by atoms with E-state index in [1.165, 1.54) is 10.3 Å². The van der Waals surface area contributed by atoms with E-state index in [9.17, 15) is 0 Å². The number of hydrogen-bond acceptors (Lipinski definition) is 3. The van der Waals surface area contributed by atoms with Gasteiger partial charge >= 0.3 is 0 Å². The Morgan fingerprint density at radius 3 is 2.57 bits per heavy atom. The molecule has 0 unspecified atom stereocenters. The zero-order valence-electron chi connectivity index (χ0n) is 11.8. The Bertz CT molecular complexity index is 698. The van der Waals surface area contributed by atoms with Crippen molar-refractivity contribution in [1.82, 2.24) is 10.3 Å². The second-order valence-electron chi connectivity index (χ2n) is 4.83. The standard InChI is InChI=1S/C18H18N2S/c1-2-7-17(8-3-1)21-13-12-19-14-16-11-10-15-6-4-5-9-18(15)20-16/h1-11,19H,12-14H2. The first-order valence-electron chi connectivity index (χ1n) is 7.15. The Morgan fingerprint density at radius 1 is 0.857 bits per heavy atom. The zero-order chi connectivity index (χ0) is 14.3. The number of rotatable bonds is 6. The largest absolute Gasteiger partial charge is 0.310 e. The number of aromatic nitrogens is 1. The molecule has 3 heteroatoms. The van der Waals surface area contributed by atoms with E-state index >= 15 is 0 Å². The molecule has 0 aliphatic heterocycles. The molecule has 2 nitrogen and oxygen atoms in total. The van der Waals surface area contributed by atoms with Crippen LogP contribution in [-0.4, -0.2) is 17.3 Å². The lowest BCUT2D eigenvalue weighted by Gasteiger charge is -2.05. The molecule has 0 aliphatic carbocycles. The van der Waals surface area contributed by atoms with Gasteiger partial charge in [0.2, 0.25) is 0 Å². The van der Waals surface area contributed by atoms with Crippen molar-refractivity contribution in [2.45, 2.75) is 11.4 Å². The fourth-order valence-electron chi connectivity index (χ4n) is 2.18. The van der Waals surface area contributed by atoms with Crippen molar-refractivity contribution in [1.29, 1.82) is 0 Å². The summed E-state index contributed by atoms with van der Waals surface area (Å²) in [6.45, 7) is 1.80. The molecule has 0 aliphatic rings. The lowest BCUT2D eigenvalue weighted by atomic mass is 10.2. The van der Waals surface area contributed by atoms with Crippen molar-refractivity contribution >= 4 is 22.7 Å². The monoisotopic (exact) mass is 294 g/mol. The Labute approximate surface area is 129 Å². The first kappa shape index (κ1) is 14.1. The summed E-state index contributed by atoms with van der Waals surface area (Å²) < 4.78 is 0. The van der Waals surface area contributed by atoms with Crippen LogP contribution in [0, 0.1) is 0 Å². The first-order chi connectivity index (χ1) is 10.4. The number of pyridine rings is 1. The Morgan fingerprint density at radius 2 is 1.67 bits per heavy atom. The first-order valence-corrected chi connectivity index (χ1v) is 8.13. The highest BCUT2D eigenvalue weighted by Crippen LogP contribution is 2.16. The molecule has 106 valence electrons. The molecule has 21 heavy (non-hydrogen) atoms. The molecule has 1 N–H and O–H groups in total. The van der Waals surface area contributed by atoms with Crippen LogP contribution in [0.3, 0.4) is 0 Å². The van der Waals surface area contributed by atoms with Gasteiger partial charge in [-0.15, -0.1) is 11.8 Å². The van der Waals surface area contributed by atoms with Crippen molar-refractivity contribution in [3.8, 4) is 0 Å². The van der Waals surface area contributed by atoms with E-state index in [0.717, 1.165) is 30.1 Å². The van der Waals surface area contributed by atoms with Crippen molar-refractivity contribution in [2.24, 2.45) is 0 Å². The van der Waals surface area contributed by atoms with Gasteiger partial charge in [-0.05, 0) is 24.3 Å². The molecule has 1 aromatic heterocycles. The fraction of sp³-hybridized carbons (Fsp3) is 0.167. The average Bonchev–Trinajstić information content (AvgIpc) is 2.55. The van der Waals surface area contributed by atoms with Crippen LogP contribution in [0.4, 0.5) is 0 Å². The number of hydrogen-bond donors (Lipinski definition) is 1. The van der Waals surface area contributed by atoms with E-state index in [1.54, 1.807) is 0 Å². The van der Waals surface area contributed by atoms with Crippen molar-refractivity contribution in [2.75, 3.05) is 12.3 Å². The SMILES string of the molecule is c1ccc(SCCNCc2ccc3ccccc3n2)cc1. The Balaban J connectivity index is 1.46. The molecule has 0 fully saturated rings. The third-order valence-electron chi connectivity index (χ3n) is 3.25. The maximum absolute atomic E-state index is 4.66. The molecule has 0 bridgehead atoms. The quantitative estimate of drug-likeness (QED) is 0.547. The highest BCUT2D eigenvalue weighted by atomic mass is 32.2. The van der Waals surface area contributed by atoms with Gasteiger partial charge in [-0.1, -0.05) is 42.5 Å². The molecule has 3 aromatic rings. The predicted octanol–water partition coefficient (Wildman–Crippen LogP) is 4.12. The number of nitrogens with one attached hydrogen (secondary N) is 1. The highest BCUT2D eigenvalue weighted by Gasteiger charge is 1.98. The van der Waals surface area contributed by atoms with Crippen molar-refractivity contribution in [3.63, 3.8) is 0 Å². The van der Waals surface area contributed by atoms with E-state index in [-0.39, 0.29) is 0 Å². The maximum atomic E-state index is 4.66. The maximum Gasteiger partial charge on any atom is 0.0705 e. The van der Waals surface area contributed by atoms with Gasteiger partial charge in [-0.25, -0.2) is 0 Å². The Hall–Kier alpha value is -1.84.